The molecular weight excluding hydrogens is 404 g/mol. The number of carbonyl (C=O) groups is 1. The van der Waals surface area contributed by atoms with Gasteiger partial charge in [0.15, 0.2) is 11.5 Å². The monoisotopic (exact) mass is 424 g/mol. The van der Waals surface area contributed by atoms with E-state index in [9.17, 15) is 4.79 Å². The molecule has 0 radical (unpaired) electrons. The van der Waals surface area contributed by atoms with Gasteiger partial charge < -0.3 is 19.5 Å². The van der Waals surface area contributed by atoms with Gasteiger partial charge in [0.1, 0.15) is 12.4 Å². The quantitative estimate of drug-likeness (QED) is 0.516. The molecule has 0 aliphatic heterocycles. The fourth-order valence-electron chi connectivity index (χ4n) is 2.70. The first-order chi connectivity index (χ1) is 14.6. The van der Waals surface area contributed by atoms with E-state index in [2.05, 4.69) is 10.3 Å². The molecule has 0 unspecified atom stereocenters. The number of pyridine rings is 1. The third-order valence-corrected chi connectivity index (χ3v) is 4.39. The van der Waals surface area contributed by atoms with Crippen LogP contribution in [-0.4, -0.2) is 25.1 Å². The van der Waals surface area contributed by atoms with Crippen molar-refractivity contribution in [1.82, 2.24) is 4.98 Å². The van der Waals surface area contributed by atoms with Crippen LogP contribution in [0.15, 0.2) is 67.0 Å². The van der Waals surface area contributed by atoms with Crippen LogP contribution in [0.25, 0.3) is 6.08 Å². The van der Waals surface area contributed by atoms with E-state index < -0.39 is 0 Å². The van der Waals surface area contributed by atoms with Crippen LogP contribution in [0.5, 0.6) is 17.2 Å². The third kappa shape index (κ3) is 5.75. The Morgan fingerprint density at radius 2 is 2.00 bits per heavy atom. The molecule has 3 aromatic rings. The minimum absolute atomic E-state index is 0.287. The number of aromatic nitrogens is 1. The number of hydrogen-bond donors (Lipinski definition) is 1. The Labute approximate surface area is 180 Å². The maximum absolute atomic E-state index is 12.3. The average molecular weight is 425 g/mol. The zero-order valence-corrected chi connectivity index (χ0v) is 17.3. The minimum atomic E-state index is -0.287. The van der Waals surface area contributed by atoms with Gasteiger partial charge in [0.05, 0.1) is 19.2 Å². The van der Waals surface area contributed by atoms with E-state index in [-0.39, 0.29) is 5.91 Å². The van der Waals surface area contributed by atoms with Crippen LogP contribution in [-0.2, 0) is 11.4 Å². The van der Waals surface area contributed by atoms with E-state index >= 15 is 0 Å². The highest BCUT2D eigenvalue weighted by Crippen LogP contribution is 2.36. The summed E-state index contributed by atoms with van der Waals surface area (Å²) in [6.07, 6.45) is 6.52. The molecule has 7 heteroatoms. The summed E-state index contributed by atoms with van der Waals surface area (Å²) in [5.74, 6) is 1.30. The van der Waals surface area contributed by atoms with Crippen molar-refractivity contribution in [2.24, 2.45) is 0 Å². The normalized spacial score (nSPS) is 10.6. The summed E-state index contributed by atoms with van der Waals surface area (Å²) >= 11 is 6.19. The fraction of sp³-hybridized carbons (Fsp3) is 0.130. The van der Waals surface area contributed by atoms with E-state index in [4.69, 9.17) is 25.8 Å². The van der Waals surface area contributed by atoms with Crippen LogP contribution in [0.1, 0.15) is 11.1 Å². The van der Waals surface area contributed by atoms with Gasteiger partial charge in [0.2, 0.25) is 5.91 Å². The Balaban J connectivity index is 1.63. The van der Waals surface area contributed by atoms with Crippen molar-refractivity contribution in [3.63, 3.8) is 0 Å². The van der Waals surface area contributed by atoms with Crippen molar-refractivity contribution in [3.05, 3.63) is 83.2 Å². The van der Waals surface area contributed by atoms with Crippen LogP contribution >= 0.6 is 11.6 Å². The molecule has 0 bridgehead atoms. The molecule has 0 atom stereocenters. The molecule has 1 amide bonds. The first-order valence-electron chi connectivity index (χ1n) is 9.11. The molecule has 2 aromatic carbocycles. The molecule has 0 spiro atoms. The molecular formula is C23H21ClN2O4. The van der Waals surface area contributed by atoms with Crippen LogP contribution < -0.4 is 19.5 Å². The molecule has 1 aromatic heterocycles. The largest absolute Gasteiger partial charge is 0.493 e. The molecule has 6 nitrogen and oxygen atoms in total. The van der Waals surface area contributed by atoms with Crippen molar-refractivity contribution in [2.75, 3.05) is 19.5 Å². The SMILES string of the molecule is COc1cc(/C=C/C(=O)Nc2cccc(OCc3cccnc3)c2)cc(Cl)c1OC. The lowest BCUT2D eigenvalue weighted by atomic mass is 10.2. The Hall–Kier alpha value is -3.51. The zero-order valence-electron chi connectivity index (χ0n) is 16.6. The maximum atomic E-state index is 12.3. The highest BCUT2D eigenvalue weighted by atomic mass is 35.5. The van der Waals surface area contributed by atoms with Gasteiger partial charge in [-0.05, 0) is 42.0 Å². The lowest BCUT2D eigenvalue weighted by Crippen LogP contribution is -2.07. The molecule has 0 saturated heterocycles. The second-order valence-corrected chi connectivity index (χ2v) is 6.65. The summed E-state index contributed by atoms with van der Waals surface area (Å²) in [5.41, 5.74) is 2.29. The lowest BCUT2D eigenvalue weighted by molar-refractivity contribution is -0.111. The number of nitrogens with zero attached hydrogens (tertiary/aromatic N) is 1. The van der Waals surface area contributed by atoms with Crippen LogP contribution in [0, 0.1) is 0 Å². The summed E-state index contributed by atoms with van der Waals surface area (Å²) in [5, 5.41) is 3.21. The Kier molecular flexibility index (Phi) is 7.29. The molecule has 0 aliphatic rings. The zero-order chi connectivity index (χ0) is 21.3. The van der Waals surface area contributed by atoms with Crippen LogP contribution in [0.3, 0.4) is 0 Å². The van der Waals surface area contributed by atoms with Gasteiger partial charge in [-0.2, -0.15) is 0 Å². The fourth-order valence-corrected chi connectivity index (χ4v) is 3.00. The molecule has 1 heterocycles. The summed E-state index contributed by atoms with van der Waals surface area (Å²) in [6.45, 7) is 0.394. The minimum Gasteiger partial charge on any atom is -0.493 e. The number of amides is 1. The maximum Gasteiger partial charge on any atom is 0.248 e. The Bertz CT molecular complexity index is 1040. The Morgan fingerprint density at radius 3 is 2.73 bits per heavy atom. The molecule has 154 valence electrons. The molecule has 3 rings (SSSR count). The Morgan fingerprint density at radius 1 is 1.13 bits per heavy atom. The van der Waals surface area contributed by atoms with Crippen molar-refractivity contribution in [3.8, 4) is 17.2 Å². The average Bonchev–Trinajstić information content (AvgIpc) is 2.77. The van der Waals surface area contributed by atoms with E-state index in [0.717, 1.165) is 5.56 Å². The number of ether oxygens (including phenoxy) is 3. The first kappa shape index (κ1) is 21.2. The predicted octanol–water partition coefficient (Wildman–Crippen LogP) is 4.98. The standard InChI is InChI=1S/C23H21ClN2O4/c1-28-21-12-16(11-20(24)23(21)29-2)8-9-22(27)26-18-6-3-7-19(13-18)30-15-17-5-4-10-25-14-17/h3-14H,15H2,1-2H3,(H,26,27)/b9-8+. The van der Waals surface area contributed by atoms with Crippen molar-refractivity contribution in [2.45, 2.75) is 6.61 Å². The van der Waals surface area contributed by atoms with E-state index in [1.807, 2.05) is 24.3 Å². The van der Waals surface area contributed by atoms with Gasteiger partial charge in [0, 0.05) is 35.8 Å². The molecule has 0 aliphatic carbocycles. The molecule has 0 fully saturated rings. The molecule has 1 N–H and O–H groups in total. The van der Waals surface area contributed by atoms with Crippen molar-refractivity contribution in [1.29, 1.82) is 0 Å². The first-order valence-corrected chi connectivity index (χ1v) is 9.49. The van der Waals surface area contributed by atoms with Crippen molar-refractivity contribution >= 4 is 29.3 Å². The number of benzene rings is 2. The highest BCUT2D eigenvalue weighted by molar-refractivity contribution is 6.32. The topological polar surface area (TPSA) is 69.7 Å². The second kappa shape index (κ2) is 10.3. The second-order valence-electron chi connectivity index (χ2n) is 6.24. The lowest BCUT2D eigenvalue weighted by Gasteiger charge is -2.10. The molecule has 0 saturated carbocycles. The summed E-state index contributed by atoms with van der Waals surface area (Å²) in [6, 6.07) is 14.4. The van der Waals surface area contributed by atoms with E-state index in [1.54, 1.807) is 42.7 Å². The van der Waals surface area contributed by atoms with Gasteiger partial charge in [-0.25, -0.2) is 0 Å². The summed E-state index contributed by atoms with van der Waals surface area (Å²) in [4.78, 5) is 16.4. The highest BCUT2D eigenvalue weighted by Gasteiger charge is 2.10. The van der Waals surface area contributed by atoms with Gasteiger partial charge in [-0.15, -0.1) is 0 Å². The number of methoxy groups -OCH3 is 2. The number of hydrogen-bond acceptors (Lipinski definition) is 5. The van der Waals surface area contributed by atoms with E-state index in [1.165, 1.54) is 20.3 Å². The van der Waals surface area contributed by atoms with Crippen molar-refractivity contribution < 1.29 is 19.0 Å². The number of halogens is 1. The predicted molar refractivity (Wildman–Crippen MR) is 117 cm³/mol. The van der Waals surface area contributed by atoms with Gasteiger partial charge >= 0.3 is 0 Å². The van der Waals surface area contributed by atoms with Crippen LogP contribution in [0.4, 0.5) is 5.69 Å². The number of rotatable bonds is 8. The van der Waals surface area contributed by atoms with Crippen LogP contribution in [0.2, 0.25) is 5.02 Å². The third-order valence-electron chi connectivity index (χ3n) is 4.11. The smallest absolute Gasteiger partial charge is 0.248 e. The number of carbonyl (C=O) groups excluding carboxylic acids is 1. The summed E-state index contributed by atoms with van der Waals surface area (Å²) < 4.78 is 16.2. The van der Waals surface area contributed by atoms with Gasteiger partial charge in [0.25, 0.3) is 0 Å². The summed E-state index contributed by atoms with van der Waals surface area (Å²) in [7, 11) is 3.04. The van der Waals surface area contributed by atoms with Gasteiger partial charge in [-0.3, -0.25) is 9.78 Å². The van der Waals surface area contributed by atoms with E-state index in [0.29, 0.717) is 40.1 Å². The van der Waals surface area contributed by atoms with Gasteiger partial charge in [-0.1, -0.05) is 23.7 Å². The molecule has 30 heavy (non-hydrogen) atoms. The number of anilines is 1. The number of nitrogens with one attached hydrogen (secondary N) is 1.